The molecule has 4 aliphatic heterocycles. The van der Waals surface area contributed by atoms with Gasteiger partial charge < -0.3 is 39.4 Å². The van der Waals surface area contributed by atoms with Gasteiger partial charge in [-0.05, 0) is 84.7 Å². The monoisotopic (exact) mass is 856 g/mol. The van der Waals surface area contributed by atoms with E-state index in [1.165, 1.54) is 5.56 Å². The van der Waals surface area contributed by atoms with Crippen molar-refractivity contribution in [3.8, 4) is 0 Å². The molecule has 0 saturated heterocycles. The fourth-order valence-corrected chi connectivity index (χ4v) is 4.11. The van der Waals surface area contributed by atoms with Gasteiger partial charge in [-0.3, -0.25) is 0 Å². The summed E-state index contributed by atoms with van der Waals surface area (Å²) < 4.78 is 20.7. The normalized spacial score (nSPS) is 20.5. The van der Waals surface area contributed by atoms with E-state index in [2.05, 4.69) is 39.0 Å². The summed E-state index contributed by atoms with van der Waals surface area (Å²) in [6, 6.07) is 10.3. The zero-order valence-corrected chi connectivity index (χ0v) is 37.9. The van der Waals surface area contributed by atoms with E-state index in [1.54, 1.807) is 55.4 Å². The fourth-order valence-electron chi connectivity index (χ4n) is 4.11. The van der Waals surface area contributed by atoms with Crippen LogP contribution in [0.15, 0.2) is 50.3 Å². The summed E-state index contributed by atoms with van der Waals surface area (Å²) >= 11 is 0. The summed E-state index contributed by atoms with van der Waals surface area (Å²) in [4.78, 5) is 16.7. The Morgan fingerprint density at radius 1 is 0.442 bits per heavy atom. The SMILES string of the molecule is CC1(C)COC(C(C)(C)[O-])=N1.CC1(C)COC(C(C)(C)[O-])=N1.CC1(C)COC(C(C)(C)[O-])=N1.CC1(C)COC(C(C)(C)[O-])=N1.Cc1ccccc1.[Ce+4]. The minimum Gasteiger partial charge on any atom is -0.843 e. The second-order valence-electron chi connectivity index (χ2n) is 17.8. The van der Waals surface area contributed by atoms with Gasteiger partial charge in [0, 0.05) is 0 Å². The van der Waals surface area contributed by atoms with E-state index < -0.39 is 22.4 Å². The third-order valence-corrected chi connectivity index (χ3v) is 6.87. The van der Waals surface area contributed by atoms with Gasteiger partial charge in [-0.2, -0.15) is 0 Å². The maximum absolute atomic E-state index is 11.3. The zero-order chi connectivity index (χ0) is 39.9. The molecule has 0 atom stereocenters. The molecule has 292 valence electrons. The molecule has 0 aliphatic carbocycles. The van der Waals surface area contributed by atoms with Gasteiger partial charge in [0.2, 0.25) is 0 Å². The number of aliphatic imine (C=N–C) groups is 4. The molecular formula is C39H64CeN4O8. The first-order chi connectivity index (χ1) is 22.6. The van der Waals surface area contributed by atoms with E-state index in [9.17, 15) is 20.4 Å². The van der Waals surface area contributed by atoms with Crippen LogP contribution in [0.3, 0.4) is 0 Å². The van der Waals surface area contributed by atoms with Crippen molar-refractivity contribution in [3.63, 3.8) is 0 Å². The summed E-state index contributed by atoms with van der Waals surface area (Å²) in [6.07, 6.45) is 0. The molecule has 0 saturated carbocycles. The summed E-state index contributed by atoms with van der Waals surface area (Å²) in [5, 5.41) is 45.4. The van der Waals surface area contributed by atoms with Crippen LogP contribution in [0.5, 0.6) is 0 Å². The van der Waals surface area contributed by atoms with Crippen molar-refractivity contribution in [1.82, 2.24) is 0 Å². The predicted molar refractivity (Wildman–Crippen MR) is 197 cm³/mol. The largest absolute Gasteiger partial charge is 4.00 e. The Hall–Kier alpha value is -1.68. The van der Waals surface area contributed by atoms with E-state index in [4.69, 9.17) is 18.9 Å². The Labute approximate surface area is 347 Å². The fraction of sp³-hybridized carbons (Fsp3) is 0.744. The van der Waals surface area contributed by atoms with Crippen LogP contribution in [0.4, 0.5) is 0 Å². The molecule has 0 amide bonds. The van der Waals surface area contributed by atoms with Crippen molar-refractivity contribution in [2.24, 2.45) is 20.0 Å². The molecule has 5 rings (SSSR count). The molecule has 4 heterocycles. The topological polar surface area (TPSA) is 179 Å². The van der Waals surface area contributed by atoms with Gasteiger partial charge in [-0.25, -0.2) is 20.0 Å². The number of benzene rings is 1. The van der Waals surface area contributed by atoms with Gasteiger partial charge in [0.1, 0.15) is 26.4 Å². The Balaban J connectivity index is 0.000000627. The third kappa shape index (κ3) is 19.6. The van der Waals surface area contributed by atoms with Crippen LogP contribution < -0.4 is 20.4 Å². The van der Waals surface area contributed by atoms with E-state index in [-0.39, 0.29) is 63.9 Å². The summed E-state index contributed by atoms with van der Waals surface area (Å²) in [5.74, 6) is 1.34. The van der Waals surface area contributed by atoms with Gasteiger partial charge >= 0.3 is 41.7 Å². The average molecular weight is 857 g/mol. The molecule has 1 aromatic rings. The molecular weight excluding hydrogens is 793 g/mol. The molecule has 13 heteroatoms. The Kier molecular flexibility index (Phi) is 18.2. The molecule has 52 heavy (non-hydrogen) atoms. The maximum Gasteiger partial charge on any atom is 4.00 e. The standard InChI is InChI=1S/4C8H14NO2.C7H8.Ce/c4*1-7(2)5-11-6(9-7)8(3,4)10;1-7-5-3-2-4-6-7;/h4*5H2,1-4H3;2-6H,1H3;/q4*-1;;+4. The molecule has 4 aliphatic rings. The van der Waals surface area contributed by atoms with Crippen LogP contribution in [0.2, 0.25) is 0 Å². The minimum absolute atomic E-state index is 0. The van der Waals surface area contributed by atoms with Crippen molar-refractivity contribution in [2.45, 2.75) is 162 Å². The van der Waals surface area contributed by atoms with Gasteiger partial charge in [0.25, 0.3) is 0 Å². The van der Waals surface area contributed by atoms with Crippen molar-refractivity contribution in [2.75, 3.05) is 26.4 Å². The molecule has 0 spiro atoms. The number of hydrogen-bond donors (Lipinski definition) is 0. The average Bonchev–Trinajstić information content (AvgIpc) is 3.69. The molecule has 0 fully saturated rings. The van der Waals surface area contributed by atoms with Crippen molar-refractivity contribution >= 4 is 23.6 Å². The molecule has 0 radical (unpaired) electrons. The van der Waals surface area contributed by atoms with Gasteiger partial charge in [0.15, 0.2) is 23.6 Å². The van der Waals surface area contributed by atoms with Crippen molar-refractivity contribution in [1.29, 1.82) is 0 Å². The van der Waals surface area contributed by atoms with Gasteiger partial charge in [-0.1, -0.05) is 91.3 Å². The third-order valence-electron chi connectivity index (χ3n) is 6.87. The summed E-state index contributed by atoms with van der Waals surface area (Å²) in [7, 11) is 0. The maximum atomic E-state index is 11.3. The molecule has 1 aromatic carbocycles. The Morgan fingerprint density at radius 3 is 0.712 bits per heavy atom. The van der Waals surface area contributed by atoms with Crippen LogP contribution in [-0.2, 0) is 18.9 Å². The second-order valence-corrected chi connectivity index (χ2v) is 17.8. The zero-order valence-electron chi connectivity index (χ0n) is 34.8. The first kappa shape index (κ1) is 50.3. The van der Waals surface area contributed by atoms with E-state index in [1.807, 2.05) is 73.6 Å². The summed E-state index contributed by atoms with van der Waals surface area (Å²) in [6.45, 7) is 32.3. The molecule has 0 bridgehead atoms. The van der Waals surface area contributed by atoms with Gasteiger partial charge in [0.05, 0.1) is 22.2 Å². The number of hydrogen-bond acceptors (Lipinski definition) is 12. The quantitative estimate of drug-likeness (QED) is 0.443. The van der Waals surface area contributed by atoms with E-state index in [0.717, 1.165) is 0 Å². The van der Waals surface area contributed by atoms with Crippen molar-refractivity contribution < 1.29 is 81.1 Å². The Morgan fingerprint density at radius 2 is 0.635 bits per heavy atom. The first-order valence-electron chi connectivity index (χ1n) is 17.4. The number of nitrogens with zero attached hydrogens (tertiary/aromatic N) is 4. The second kappa shape index (κ2) is 18.8. The molecule has 0 unspecified atom stereocenters. The smallest absolute Gasteiger partial charge is 0.843 e. The van der Waals surface area contributed by atoms with E-state index in [0.29, 0.717) is 50.0 Å². The number of ether oxygens (including phenoxy) is 4. The molecule has 0 N–H and O–H groups in total. The van der Waals surface area contributed by atoms with Crippen LogP contribution in [0, 0.1) is 48.7 Å². The van der Waals surface area contributed by atoms with Crippen molar-refractivity contribution in [3.05, 3.63) is 35.9 Å². The van der Waals surface area contributed by atoms with Crippen LogP contribution in [-0.4, -0.2) is 94.6 Å². The first-order valence-corrected chi connectivity index (χ1v) is 17.4. The van der Waals surface area contributed by atoms with Crippen LogP contribution >= 0.6 is 0 Å². The van der Waals surface area contributed by atoms with Gasteiger partial charge in [-0.15, -0.1) is 0 Å². The summed E-state index contributed by atoms with van der Waals surface area (Å²) in [5.41, 5.74) is -4.27. The predicted octanol–water partition coefficient (Wildman–Crippen LogP) is 3.33. The van der Waals surface area contributed by atoms with Crippen LogP contribution in [0.25, 0.3) is 0 Å². The Bertz CT molecular complexity index is 1210. The molecule has 0 aromatic heterocycles. The van der Waals surface area contributed by atoms with Crippen LogP contribution in [0.1, 0.15) is 116 Å². The number of rotatable bonds is 4. The number of aryl methyl sites for hydroxylation is 1. The van der Waals surface area contributed by atoms with E-state index >= 15 is 0 Å². The minimum atomic E-state index is -1.19. The molecule has 12 nitrogen and oxygen atoms in total.